The van der Waals surface area contributed by atoms with Crippen molar-refractivity contribution in [1.29, 1.82) is 0 Å². The number of benzene rings is 1. The lowest BCUT2D eigenvalue weighted by molar-refractivity contribution is 0.394. The van der Waals surface area contributed by atoms with Crippen LogP contribution >= 0.6 is 12.2 Å². The van der Waals surface area contributed by atoms with Gasteiger partial charge >= 0.3 is 0 Å². The molecule has 1 aromatic heterocycles. The number of nitrogens with zero attached hydrogens (tertiary/aromatic N) is 1. The van der Waals surface area contributed by atoms with Gasteiger partial charge in [-0.15, -0.1) is 0 Å². The highest BCUT2D eigenvalue weighted by molar-refractivity contribution is 7.71. The van der Waals surface area contributed by atoms with Gasteiger partial charge in [0.15, 0.2) is 10.4 Å². The Labute approximate surface area is 116 Å². The molecule has 0 fully saturated rings. The van der Waals surface area contributed by atoms with Crippen LogP contribution in [0.25, 0.3) is 11.3 Å². The van der Waals surface area contributed by atoms with Crippen LogP contribution in [0.4, 0.5) is 0 Å². The van der Waals surface area contributed by atoms with E-state index in [0.29, 0.717) is 21.9 Å². The summed E-state index contributed by atoms with van der Waals surface area (Å²) in [5.41, 5.74) is 1.58. The molecule has 0 bridgehead atoms. The Bertz CT molecular complexity index is 618. The summed E-state index contributed by atoms with van der Waals surface area (Å²) >= 11 is 5.14. The molecule has 0 atom stereocenters. The van der Waals surface area contributed by atoms with E-state index in [1.165, 1.54) is 6.33 Å². The van der Waals surface area contributed by atoms with E-state index < -0.39 is 0 Å². The van der Waals surface area contributed by atoms with E-state index in [2.05, 4.69) is 9.97 Å². The van der Waals surface area contributed by atoms with Gasteiger partial charge in [-0.05, 0) is 12.1 Å². The molecule has 2 rings (SSSR count). The second-order valence-electron chi connectivity index (χ2n) is 3.72. The minimum atomic E-state index is 0.401. The highest BCUT2D eigenvalue weighted by Crippen LogP contribution is 2.33. The molecule has 0 unspecified atom stereocenters. The average molecular weight is 278 g/mol. The summed E-state index contributed by atoms with van der Waals surface area (Å²) in [4.78, 5) is 7.03. The van der Waals surface area contributed by atoms with Gasteiger partial charge < -0.3 is 19.2 Å². The second-order valence-corrected chi connectivity index (χ2v) is 4.10. The van der Waals surface area contributed by atoms with Crippen molar-refractivity contribution in [1.82, 2.24) is 9.97 Å². The van der Waals surface area contributed by atoms with Crippen molar-refractivity contribution in [2.45, 2.75) is 0 Å². The van der Waals surface area contributed by atoms with Crippen LogP contribution in [0.2, 0.25) is 0 Å². The SMILES string of the molecule is COc1cc(OC)cc(-c2[nH]cnc(=S)c2OC)c1. The maximum Gasteiger partial charge on any atom is 0.179 e. The maximum atomic E-state index is 5.30. The minimum Gasteiger partial charge on any atom is -0.497 e. The molecule has 0 saturated carbocycles. The third kappa shape index (κ3) is 2.68. The van der Waals surface area contributed by atoms with Crippen LogP contribution in [0.15, 0.2) is 24.5 Å². The predicted octanol–water partition coefficient (Wildman–Crippen LogP) is 2.83. The molecular formula is C13H14N2O3S. The van der Waals surface area contributed by atoms with Crippen molar-refractivity contribution >= 4 is 12.2 Å². The maximum absolute atomic E-state index is 5.30. The summed E-state index contributed by atoms with van der Waals surface area (Å²) in [5, 5.41) is 0. The molecule has 0 aliphatic rings. The molecule has 5 nitrogen and oxygen atoms in total. The van der Waals surface area contributed by atoms with E-state index in [0.717, 1.165) is 11.3 Å². The number of rotatable bonds is 4. The Morgan fingerprint density at radius 1 is 1.00 bits per heavy atom. The molecule has 0 spiro atoms. The van der Waals surface area contributed by atoms with Crippen molar-refractivity contribution in [2.75, 3.05) is 21.3 Å². The summed E-state index contributed by atoms with van der Waals surface area (Å²) in [5.74, 6) is 1.90. The van der Waals surface area contributed by atoms with Gasteiger partial charge in [0.2, 0.25) is 0 Å². The number of ether oxygens (including phenoxy) is 3. The molecule has 19 heavy (non-hydrogen) atoms. The number of hydrogen-bond acceptors (Lipinski definition) is 5. The summed E-state index contributed by atoms with van der Waals surface area (Å²) in [6.45, 7) is 0. The molecule has 100 valence electrons. The van der Waals surface area contributed by atoms with Gasteiger partial charge in [-0.2, -0.15) is 0 Å². The Kier molecular flexibility index (Phi) is 4.01. The Morgan fingerprint density at radius 3 is 2.16 bits per heavy atom. The summed E-state index contributed by atoms with van der Waals surface area (Å²) < 4.78 is 16.2. The highest BCUT2D eigenvalue weighted by Gasteiger charge is 2.11. The van der Waals surface area contributed by atoms with Gasteiger partial charge in [-0.1, -0.05) is 12.2 Å². The molecule has 0 radical (unpaired) electrons. The molecule has 0 amide bonds. The lowest BCUT2D eigenvalue weighted by atomic mass is 10.1. The summed E-state index contributed by atoms with van der Waals surface area (Å²) in [6.07, 6.45) is 1.53. The van der Waals surface area contributed by atoms with E-state index in [-0.39, 0.29) is 0 Å². The zero-order valence-corrected chi connectivity index (χ0v) is 11.7. The van der Waals surface area contributed by atoms with Crippen LogP contribution in [0.1, 0.15) is 0 Å². The Balaban J connectivity index is 2.64. The van der Waals surface area contributed by atoms with Gasteiger partial charge in [-0.25, -0.2) is 4.98 Å². The average Bonchev–Trinajstić information content (AvgIpc) is 2.46. The van der Waals surface area contributed by atoms with Crippen LogP contribution in [0, 0.1) is 4.64 Å². The smallest absolute Gasteiger partial charge is 0.179 e. The third-order valence-corrected chi connectivity index (χ3v) is 2.95. The van der Waals surface area contributed by atoms with Crippen LogP contribution < -0.4 is 14.2 Å². The monoisotopic (exact) mass is 278 g/mol. The normalized spacial score (nSPS) is 10.1. The first kappa shape index (κ1) is 13.4. The highest BCUT2D eigenvalue weighted by atomic mass is 32.1. The van der Waals surface area contributed by atoms with Crippen LogP contribution in [-0.2, 0) is 0 Å². The standard InChI is InChI=1S/C13H14N2O3S/c1-16-9-4-8(5-10(6-9)17-2)11-12(18-3)13(19)15-7-14-11/h4-7H,1-3H3,(H,14,15,19). The van der Waals surface area contributed by atoms with Gasteiger partial charge in [0, 0.05) is 11.6 Å². The van der Waals surface area contributed by atoms with Gasteiger partial charge in [0.05, 0.1) is 33.4 Å². The van der Waals surface area contributed by atoms with E-state index in [4.69, 9.17) is 26.4 Å². The van der Waals surface area contributed by atoms with E-state index in [1.54, 1.807) is 27.4 Å². The molecule has 6 heteroatoms. The van der Waals surface area contributed by atoms with Gasteiger partial charge in [-0.3, -0.25) is 0 Å². The molecular weight excluding hydrogens is 264 g/mol. The zero-order valence-electron chi connectivity index (χ0n) is 10.9. The van der Waals surface area contributed by atoms with Crippen LogP contribution in [-0.4, -0.2) is 31.3 Å². The number of aromatic amines is 1. The van der Waals surface area contributed by atoms with E-state index in [9.17, 15) is 0 Å². The molecule has 2 aromatic rings. The zero-order chi connectivity index (χ0) is 13.8. The number of H-pyrrole nitrogens is 1. The Hall–Kier alpha value is -2.08. The number of hydrogen-bond donors (Lipinski definition) is 1. The van der Waals surface area contributed by atoms with Crippen molar-refractivity contribution in [3.05, 3.63) is 29.2 Å². The van der Waals surface area contributed by atoms with Crippen molar-refractivity contribution in [3.63, 3.8) is 0 Å². The van der Waals surface area contributed by atoms with Crippen molar-refractivity contribution in [2.24, 2.45) is 0 Å². The van der Waals surface area contributed by atoms with E-state index >= 15 is 0 Å². The molecule has 1 N–H and O–H groups in total. The first-order valence-corrected chi connectivity index (χ1v) is 5.95. The minimum absolute atomic E-state index is 0.401. The second kappa shape index (κ2) is 5.71. The largest absolute Gasteiger partial charge is 0.497 e. The summed E-state index contributed by atoms with van der Waals surface area (Å²) in [7, 11) is 4.76. The molecule has 1 heterocycles. The first-order valence-electron chi connectivity index (χ1n) is 5.54. The molecule has 1 aromatic carbocycles. The van der Waals surface area contributed by atoms with Gasteiger partial charge in [0.1, 0.15) is 11.5 Å². The van der Waals surface area contributed by atoms with E-state index in [1.807, 2.05) is 12.1 Å². The fourth-order valence-corrected chi connectivity index (χ4v) is 1.98. The van der Waals surface area contributed by atoms with Crippen LogP contribution in [0.3, 0.4) is 0 Å². The van der Waals surface area contributed by atoms with Gasteiger partial charge in [0.25, 0.3) is 0 Å². The summed E-state index contributed by atoms with van der Waals surface area (Å²) in [6, 6.07) is 5.53. The number of nitrogens with one attached hydrogen (secondary N) is 1. The number of aromatic nitrogens is 2. The fourth-order valence-electron chi connectivity index (χ4n) is 1.74. The number of methoxy groups -OCH3 is 3. The lowest BCUT2D eigenvalue weighted by Gasteiger charge is -2.11. The molecule has 0 aliphatic heterocycles. The van der Waals surface area contributed by atoms with Crippen molar-refractivity contribution < 1.29 is 14.2 Å². The Morgan fingerprint density at radius 2 is 1.63 bits per heavy atom. The van der Waals surface area contributed by atoms with Crippen molar-refractivity contribution in [3.8, 4) is 28.5 Å². The predicted molar refractivity (Wildman–Crippen MR) is 74.5 cm³/mol. The third-order valence-electron chi connectivity index (χ3n) is 2.66. The molecule has 0 aliphatic carbocycles. The fraction of sp³-hybridized carbons (Fsp3) is 0.231. The van der Waals surface area contributed by atoms with Crippen LogP contribution in [0.5, 0.6) is 17.2 Å². The topological polar surface area (TPSA) is 56.4 Å². The first-order chi connectivity index (χ1) is 9.19. The molecule has 0 saturated heterocycles. The lowest BCUT2D eigenvalue weighted by Crippen LogP contribution is -1.95. The quantitative estimate of drug-likeness (QED) is 0.871.